The maximum atomic E-state index is 13.7. The molecule has 3 rings (SSSR count). The average molecular weight is 770 g/mol. The molecule has 0 aliphatic heterocycles. The molecule has 0 aliphatic carbocycles. The highest BCUT2D eigenvalue weighted by Gasteiger charge is 2.20. The first-order valence-corrected chi connectivity index (χ1v) is 22.6. The van der Waals surface area contributed by atoms with E-state index in [9.17, 15) is 4.79 Å². The van der Waals surface area contributed by atoms with Crippen molar-refractivity contribution in [3.63, 3.8) is 0 Å². The summed E-state index contributed by atoms with van der Waals surface area (Å²) in [7, 11) is 0. The SMILES string of the molecule is CCCCCCCCCCOc1cc(C(=O)Oc2ccc(/C=C/c3ccncc3)cc2)cc(OCCCCCCCCCC)c1OCCCCCCCCCC. The van der Waals surface area contributed by atoms with Gasteiger partial charge in [0, 0.05) is 12.4 Å². The molecule has 2 aromatic carbocycles. The van der Waals surface area contributed by atoms with Crippen LogP contribution in [0, 0.1) is 0 Å². The quantitative estimate of drug-likeness (QED) is 0.0342. The molecule has 310 valence electrons. The number of aromatic nitrogens is 1. The van der Waals surface area contributed by atoms with E-state index in [-0.39, 0.29) is 0 Å². The summed E-state index contributed by atoms with van der Waals surface area (Å²) in [6, 6.07) is 15.0. The van der Waals surface area contributed by atoms with Gasteiger partial charge in [-0.1, -0.05) is 180 Å². The lowest BCUT2D eigenvalue weighted by Gasteiger charge is -2.19. The standard InChI is InChI=1S/C50H75NO5/c1-4-7-10-13-16-19-22-25-38-53-47-41-45(50(52)56-46-32-30-43(31-33-46)28-29-44-34-36-51-37-35-44)42-48(54-39-26-23-20-17-14-11-8-5-2)49(47)55-40-27-24-21-18-15-12-9-6-3/h28-37,41-42H,4-27,38-40H2,1-3H3/b29-28+. The van der Waals surface area contributed by atoms with E-state index in [0.29, 0.717) is 48.4 Å². The third kappa shape index (κ3) is 20.9. The first kappa shape index (κ1) is 46.6. The third-order valence-corrected chi connectivity index (χ3v) is 10.3. The Labute approximate surface area is 341 Å². The maximum absolute atomic E-state index is 13.7. The number of ether oxygens (including phenoxy) is 4. The third-order valence-electron chi connectivity index (χ3n) is 10.3. The lowest BCUT2D eigenvalue weighted by atomic mass is 10.1. The van der Waals surface area contributed by atoms with Gasteiger partial charge in [0.15, 0.2) is 11.5 Å². The fourth-order valence-corrected chi connectivity index (χ4v) is 6.78. The minimum Gasteiger partial charge on any atom is -0.490 e. The summed E-state index contributed by atoms with van der Waals surface area (Å²) < 4.78 is 25.3. The van der Waals surface area contributed by atoms with Crippen molar-refractivity contribution >= 4 is 18.1 Å². The molecule has 0 saturated heterocycles. The molecule has 0 atom stereocenters. The number of benzene rings is 2. The van der Waals surface area contributed by atoms with Gasteiger partial charge in [-0.25, -0.2) is 4.79 Å². The summed E-state index contributed by atoms with van der Waals surface area (Å²) in [6.07, 6.45) is 37.0. The van der Waals surface area contributed by atoms with Crippen LogP contribution in [0.1, 0.15) is 196 Å². The number of unbranched alkanes of at least 4 members (excludes halogenated alkanes) is 21. The molecule has 0 saturated carbocycles. The molecular formula is C50H75NO5. The van der Waals surface area contributed by atoms with Gasteiger partial charge in [-0.2, -0.15) is 0 Å². The molecule has 0 radical (unpaired) electrons. The number of nitrogens with zero attached hydrogens (tertiary/aromatic N) is 1. The van der Waals surface area contributed by atoms with E-state index in [4.69, 9.17) is 18.9 Å². The summed E-state index contributed by atoms with van der Waals surface area (Å²) in [5.41, 5.74) is 2.47. The Morgan fingerprint density at radius 3 is 1.29 bits per heavy atom. The van der Waals surface area contributed by atoms with Crippen molar-refractivity contribution in [1.82, 2.24) is 4.98 Å². The Bertz CT molecular complexity index is 1390. The van der Waals surface area contributed by atoms with Crippen molar-refractivity contribution in [2.24, 2.45) is 0 Å². The molecule has 0 amide bonds. The molecule has 6 heteroatoms. The van der Waals surface area contributed by atoms with Crippen molar-refractivity contribution in [3.05, 3.63) is 77.6 Å². The van der Waals surface area contributed by atoms with Crippen LogP contribution in [0.3, 0.4) is 0 Å². The summed E-state index contributed by atoms with van der Waals surface area (Å²) in [5, 5.41) is 0. The molecular weight excluding hydrogens is 695 g/mol. The van der Waals surface area contributed by atoms with Gasteiger partial charge in [0.1, 0.15) is 5.75 Å². The van der Waals surface area contributed by atoms with Crippen LogP contribution in [-0.2, 0) is 0 Å². The zero-order valence-corrected chi connectivity index (χ0v) is 35.5. The molecule has 0 aliphatic rings. The predicted octanol–water partition coefficient (Wildman–Crippen LogP) is 15.0. The number of hydrogen-bond acceptors (Lipinski definition) is 6. The normalized spacial score (nSPS) is 11.3. The number of rotatable bonds is 34. The molecule has 6 nitrogen and oxygen atoms in total. The molecule has 0 unspecified atom stereocenters. The van der Waals surface area contributed by atoms with Gasteiger partial charge in [-0.05, 0) is 66.8 Å². The van der Waals surface area contributed by atoms with Crippen LogP contribution in [0.15, 0.2) is 60.9 Å². The number of carbonyl (C=O) groups excluding carboxylic acids is 1. The van der Waals surface area contributed by atoms with Crippen LogP contribution in [0.4, 0.5) is 0 Å². The number of carbonyl (C=O) groups is 1. The van der Waals surface area contributed by atoms with Gasteiger partial charge >= 0.3 is 5.97 Å². The Hall–Kier alpha value is -3.80. The second kappa shape index (κ2) is 31.3. The lowest BCUT2D eigenvalue weighted by Crippen LogP contribution is -2.12. The topological polar surface area (TPSA) is 66.9 Å². The van der Waals surface area contributed by atoms with Gasteiger partial charge in [0.05, 0.1) is 25.4 Å². The van der Waals surface area contributed by atoms with Crippen LogP contribution in [0.25, 0.3) is 12.2 Å². The molecule has 0 N–H and O–H groups in total. The van der Waals surface area contributed by atoms with Gasteiger partial charge in [-0.3, -0.25) is 4.98 Å². The minimum atomic E-state index is -0.450. The summed E-state index contributed by atoms with van der Waals surface area (Å²) >= 11 is 0. The van der Waals surface area contributed by atoms with Crippen LogP contribution >= 0.6 is 0 Å². The first-order chi connectivity index (χ1) is 27.6. The van der Waals surface area contributed by atoms with E-state index in [1.54, 1.807) is 24.5 Å². The van der Waals surface area contributed by atoms with Gasteiger partial charge in [-0.15, -0.1) is 0 Å². The monoisotopic (exact) mass is 770 g/mol. The van der Waals surface area contributed by atoms with E-state index >= 15 is 0 Å². The van der Waals surface area contributed by atoms with Crippen molar-refractivity contribution < 1.29 is 23.7 Å². The Morgan fingerprint density at radius 2 is 0.857 bits per heavy atom. The van der Waals surface area contributed by atoms with Crippen molar-refractivity contribution in [2.45, 2.75) is 175 Å². The van der Waals surface area contributed by atoms with E-state index in [2.05, 4.69) is 25.8 Å². The first-order valence-electron chi connectivity index (χ1n) is 22.6. The Kier molecular flexibility index (Phi) is 26.0. The second-order valence-electron chi connectivity index (χ2n) is 15.3. The number of esters is 1. The van der Waals surface area contributed by atoms with Gasteiger partial charge < -0.3 is 18.9 Å². The van der Waals surface area contributed by atoms with E-state index < -0.39 is 5.97 Å². The van der Waals surface area contributed by atoms with Gasteiger partial charge in [0.2, 0.25) is 5.75 Å². The van der Waals surface area contributed by atoms with Gasteiger partial charge in [0.25, 0.3) is 0 Å². The molecule has 56 heavy (non-hydrogen) atoms. The fourth-order valence-electron chi connectivity index (χ4n) is 6.78. The largest absolute Gasteiger partial charge is 0.490 e. The highest BCUT2D eigenvalue weighted by Crippen LogP contribution is 2.40. The zero-order valence-electron chi connectivity index (χ0n) is 35.5. The summed E-state index contributed by atoms with van der Waals surface area (Å²) in [4.78, 5) is 17.8. The second-order valence-corrected chi connectivity index (χ2v) is 15.3. The van der Waals surface area contributed by atoms with Crippen LogP contribution in [0.2, 0.25) is 0 Å². The average Bonchev–Trinajstić information content (AvgIpc) is 3.22. The van der Waals surface area contributed by atoms with E-state index in [0.717, 1.165) is 49.7 Å². The highest BCUT2D eigenvalue weighted by molar-refractivity contribution is 5.92. The lowest BCUT2D eigenvalue weighted by molar-refractivity contribution is 0.0733. The zero-order chi connectivity index (χ0) is 39.7. The van der Waals surface area contributed by atoms with Crippen molar-refractivity contribution in [3.8, 4) is 23.0 Å². The van der Waals surface area contributed by atoms with E-state index in [1.165, 1.54) is 116 Å². The van der Waals surface area contributed by atoms with Crippen LogP contribution < -0.4 is 18.9 Å². The fraction of sp³-hybridized carbons (Fsp3) is 0.600. The minimum absolute atomic E-state index is 0.392. The molecule has 1 heterocycles. The van der Waals surface area contributed by atoms with Crippen molar-refractivity contribution in [2.75, 3.05) is 19.8 Å². The Balaban J connectivity index is 1.71. The molecule has 0 spiro atoms. The smallest absolute Gasteiger partial charge is 0.343 e. The molecule has 3 aromatic rings. The Morgan fingerprint density at radius 1 is 0.482 bits per heavy atom. The summed E-state index contributed by atoms with van der Waals surface area (Å²) in [6.45, 7) is 8.49. The number of pyridine rings is 1. The molecule has 0 fully saturated rings. The molecule has 0 bridgehead atoms. The predicted molar refractivity (Wildman–Crippen MR) is 235 cm³/mol. The molecule has 1 aromatic heterocycles. The summed E-state index contributed by atoms with van der Waals surface area (Å²) in [5.74, 6) is 1.75. The maximum Gasteiger partial charge on any atom is 0.343 e. The highest BCUT2D eigenvalue weighted by atomic mass is 16.5. The van der Waals surface area contributed by atoms with Crippen LogP contribution in [0.5, 0.6) is 23.0 Å². The van der Waals surface area contributed by atoms with Crippen LogP contribution in [-0.4, -0.2) is 30.8 Å². The van der Waals surface area contributed by atoms with Crippen molar-refractivity contribution in [1.29, 1.82) is 0 Å². The van der Waals surface area contributed by atoms with E-state index in [1.807, 2.05) is 48.6 Å². The number of hydrogen-bond donors (Lipinski definition) is 0.